The number of aromatic hydroxyl groups is 1. The molecule has 0 unspecified atom stereocenters. The van der Waals surface area contributed by atoms with E-state index in [0.717, 1.165) is 18.1 Å². The van der Waals surface area contributed by atoms with Gasteiger partial charge in [0, 0.05) is 12.3 Å². The second-order valence-corrected chi connectivity index (χ2v) is 4.42. The zero-order valence-electron chi connectivity index (χ0n) is 10.1. The second kappa shape index (κ2) is 4.57. The lowest BCUT2D eigenvalue weighted by molar-refractivity contribution is 0.479. The van der Waals surface area contributed by atoms with Crippen LogP contribution in [0.15, 0.2) is 53.5 Å². The van der Waals surface area contributed by atoms with Crippen molar-refractivity contribution in [3.63, 3.8) is 0 Å². The maximum Gasteiger partial charge on any atom is 0.252 e. The topological polar surface area (TPSA) is 66.0 Å². The number of H-pyrrole nitrogens is 1. The summed E-state index contributed by atoms with van der Waals surface area (Å²) in [6.07, 6.45) is 2.45. The molecule has 0 fully saturated rings. The fourth-order valence-corrected chi connectivity index (χ4v) is 2.10. The summed E-state index contributed by atoms with van der Waals surface area (Å²) in [4.78, 5) is 18.2. The molecule has 0 saturated heterocycles. The van der Waals surface area contributed by atoms with Crippen LogP contribution in [-0.2, 0) is 6.42 Å². The normalized spacial score (nSPS) is 10.7. The summed E-state index contributed by atoms with van der Waals surface area (Å²) in [5.74, 6) is -0.0926. The van der Waals surface area contributed by atoms with Crippen molar-refractivity contribution in [2.24, 2.45) is 0 Å². The molecule has 0 aliphatic heterocycles. The number of pyridine rings is 2. The highest BCUT2D eigenvalue weighted by molar-refractivity contribution is 5.80. The molecule has 2 aromatic heterocycles. The quantitative estimate of drug-likeness (QED) is 0.735. The van der Waals surface area contributed by atoms with Gasteiger partial charge >= 0.3 is 0 Å². The van der Waals surface area contributed by atoms with Crippen molar-refractivity contribution in [3.05, 3.63) is 70.1 Å². The van der Waals surface area contributed by atoms with E-state index >= 15 is 0 Å². The van der Waals surface area contributed by atoms with Crippen LogP contribution in [0.3, 0.4) is 0 Å². The fourth-order valence-electron chi connectivity index (χ4n) is 2.10. The zero-order valence-corrected chi connectivity index (χ0v) is 10.1. The summed E-state index contributed by atoms with van der Waals surface area (Å²) in [7, 11) is 0. The Morgan fingerprint density at radius 1 is 1.11 bits per heavy atom. The molecule has 0 radical (unpaired) electrons. The number of aromatic nitrogens is 2. The third kappa shape index (κ3) is 2.33. The van der Waals surface area contributed by atoms with Crippen LogP contribution in [0.1, 0.15) is 11.1 Å². The highest BCUT2D eigenvalue weighted by Gasteiger charge is 2.05. The summed E-state index contributed by atoms with van der Waals surface area (Å²) >= 11 is 0. The monoisotopic (exact) mass is 252 g/mol. The standard InChI is InChI=1S/C15H12N2O2/c18-13-8-14(19)17-12-7-11(9-16-15(12)13)6-10-4-2-1-3-5-10/h1-5,7-9H,6H2,(H2,17,18,19). The Labute approximate surface area is 109 Å². The molecule has 4 heteroatoms. The van der Waals surface area contributed by atoms with Gasteiger partial charge < -0.3 is 10.1 Å². The van der Waals surface area contributed by atoms with Crippen LogP contribution in [0.4, 0.5) is 0 Å². The minimum absolute atomic E-state index is 0.0926. The maximum atomic E-state index is 11.3. The number of rotatable bonds is 2. The second-order valence-electron chi connectivity index (χ2n) is 4.42. The summed E-state index contributed by atoms with van der Waals surface area (Å²) in [6, 6.07) is 13.0. The molecular weight excluding hydrogens is 240 g/mol. The van der Waals surface area contributed by atoms with Gasteiger partial charge in [-0.25, -0.2) is 0 Å². The van der Waals surface area contributed by atoms with Crippen LogP contribution in [0, 0.1) is 0 Å². The van der Waals surface area contributed by atoms with Crippen molar-refractivity contribution in [2.75, 3.05) is 0 Å². The number of hydrogen-bond acceptors (Lipinski definition) is 3. The summed E-state index contributed by atoms with van der Waals surface area (Å²) < 4.78 is 0. The molecule has 0 saturated carbocycles. The van der Waals surface area contributed by atoms with Crippen LogP contribution in [0.25, 0.3) is 11.0 Å². The van der Waals surface area contributed by atoms with Crippen molar-refractivity contribution < 1.29 is 5.11 Å². The van der Waals surface area contributed by atoms with Gasteiger partial charge in [0.2, 0.25) is 0 Å². The molecule has 2 heterocycles. The van der Waals surface area contributed by atoms with Gasteiger partial charge in [0.1, 0.15) is 11.3 Å². The summed E-state index contributed by atoms with van der Waals surface area (Å²) in [5.41, 5.74) is 2.80. The van der Waals surface area contributed by atoms with E-state index < -0.39 is 0 Å². The Kier molecular flexibility index (Phi) is 2.76. The maximum absolute atomic E-state index is 11.3. The SMILES string of the molecule is O=c1cc(O)c2ncc(Cc3ccccc3)cc2[nH]1. The Morgan fingerprint density at radius 2 is 1.89 bits per heavy atom. The van der Waals surface area contributed by atoms with Crippen molar-refractivity contribution in [2.45, 2.75) is 6.42 Å². The fraction of sp³-hybridized carbons (Fsp3) is 0.0667. The van der Waals surface area contributed by atoms with E-state index in [-0.39, 0.29) is 11.3 Å². The highest BCUT2D eigenvalue weighted by atomic mass is 16.3. The molecule has 3 aromatic rings. The lowest BCUT2D eigenvalue weighted by Crippen LogP contribution is -2.04. The first-order chi connectivity index (χ1) is 9.22. The van der Waals surface area contributed by atoms with Crippen LogP contribution in [0.2, 0.25) is 0 Å². The minimum Gasteiger partial charge on any atom is -0.505 e. The molecule has 3 rings (SSSR count). The van der Waals surface area contributed by atoms with E-state index in [1.807, 2.05) is 36.4 Å². The van der Waals surface area contributed by atoms with Gasteiger partial charge in [-0.3, -0.25) is 9.78 Å². The molecule has 0 atom stereocenters. The molecule has 4 nitrogen and oxygen atoms in total. The molecule has 0 aliphatic rings. The van der Waals surface area contributed by atoms with Gasteiger partial charge in [0.25, 0.3) is 5.56 Å². The van der Waals surface area contributed by atoms with Crippen molar-refractivity contribution in [3.8, 4) is 5.75 Å². The van der Waals surface area contributed by atoms with Crippen molar-refractivity contribution >= 4 is 11.0 Å². The molecule has 19 heavy (non-hydrogen) atoms. The molecule has 94 valence electrons. The lowest BCUT2D eigenvalue weighted by Gasteiger charge is -2.04. The minimum atomic E-state index is -0.330. The van der Waals surface area contributed by atoms with E-state index in [0.29, 0.717) is 11.0 Å². The predicted molar refractivity (Wildman–Crippen MR) is 73.3 cm³/mol. The van der Waals surface area contributed by atoms with E-state index in [4.69, 9.17) is 0 Å². The van der Waals surface area contributed by atoms with E-state index in [9.17, 15) is 9.90 Å². The highest BCUT2D eigenvalue weighted by Crippen LogP contribution is 2.19. The number of aromatic amines is 1. The molecule has 0 spiro atoms. The van der Waals surface area contributed by atoms with Gasteiger partial charge in [0.15, 0.2) is 0 Å². The molecule has 0 bridgehead atoms. The Hall–Kier alpha value is -2.62. The van der Waals surface area contributed by atoms with Crippen LogP contribution < -0.4 is 5.56 Å². The predicted octanol–water partition coefficient (Wildman–Crippen LogP) is 2.22. The van der Waals surface area contributed by atoms with Crippen LogP contribution in [-0.4, -0.2) is 15.1 Å². The van der Waals surface area contributed by atoms with Gasteiger partial charge in [-0.15, -0.1) is 0 Å². The molecule has 1 aromatic carbocycles. The third-order valence-electron chi connectivity index (χ3n) is 2.96. The van der Waals surface area contributed by atoms with Gasteiger partial charge in [-0.2, -0.15) is 0 Å². The average Bonchev–Trinajstić information content (AvgIpc) is 2.39. The average molecular weight is 252 g/mol. The number of hydrogen-bond donors (Lipinski definition) is 2. The van der Waals surface area contributed by atoms with Gasteiger partial charge in [0.05, 0.1) is 5.52 Å². The number of fused-ring (bicyclic) bond motifs is 1. The first-order valence-electron chi connectivity index (χ1n) is 5.97. The lowest BCUT2D eigenvalue weighted by atomic mass is 10.1. The first kappa shape index (κ1) is 11.5. The Balaban J connectivity index is 2.05. The molecular formula is C15H12N2O2. The van der Waals surface area contributed by atoms with Gasteiger partial charge in [-0.05, 0) is 23.6 Å². The van der Waals surface area contributed by atoms with Crippen molar-refractivity contribution in [1.82, 2.24) is 9.97 Å². The first-order valence-corrected chi connectivity index (χ1v) is 5.97. The number of benzene rings is 1. The largest absolute Gasteiger partial charge is 0.505 e. The Bertz CT molecular complexity index is 779. The van der Waals surface area contributed by atoms with E-state index in [1.54, 1.807) is 6.20 Å². The van der Waals surface area contributed by atoms with Crippen LogP contribution in [0.5, 0.6) is 5.75 Å². The third-order valence-corrected chi connectivity index (χ3v) is 2.96. The summed E-state index contributed by atoms with van der Waals surface area (Å²) in [5, 5.41) is 9.65. The molecule has 0 aliphatic carbocycles. The van der Waals surface area contributed by atoms with E-state index in [1.165, 1.54) is 5.56 Å². The number of nitrogens with zero attached hydrogens (tertiary/aromatic N) is 1. The smallest absolute Gasteiger partial charge is 0.252 e. The summed E-state index contributed by atoms with van der Waals surface area (Å²) in [6.45, 7) is 0. The van der Waals surface area contributed by atoms with Gasteiger partial charge in [-0.1, -0.05) is 30.3 Å². The van der Waals surface area contributed by atoms with Crippen molar-refractivity contribution in [1.29, 1.82) is 0 Å². The zero-order chi connectivity index (χ0) is 13.2. The number of nitrogens with one attached hydrogen (secondary N) is 1. The molecule has 2 N–H and O–H groups in total. The molecule has 0 amide bonds. The van der Waals surface area contributed by atoms with E-state index in [2.05, 4.69) is 9.97 Å². The Morgan fingerprint density at radius 3 is 2.68 bits per heavy atom. The van der Waals surface area contributed by atoms with Crippen LogP contribution >= 0.6 is 0 Å².